The maximum atomic E-state index is 11.8. The van der Waals surface area contributed by atoms with Gasteiger partial charge >= 0.3 is 0 Å². The first-order valence-electron chi connectivity index (χ1n) is 9.38. The zero-order valence-corrected chi connectivity index (χ0v) is 17.9. The van der Waals surface area contributed by atoms with Crippen LogP contribution in [0.1, 0.15) is 58.3 Å². The summed E-state index contributed by atoms with van der Waals surface area (Å²) < 4.78 is 0. The highest BCUT2D eigenvalue weighted by Gasteiger charge is 2.25. The fraction of sp³-hybridized carbons (Fsp3) is 0.833. The number of piperidine rings is 1. The number of nitrogens with zero attached hydrogens (tertiary/aromatic N) is 2. The summed E-state index contributed by atoms with van der Waals surface area (Å²) in [4.78, 5) is 29.1. The highest BCUT2D eigenvalue weighted by molar-refractivity contribution is 14.0. The van der Waals surface area contributed by atoms with Crippen LogP contribution in [0.2, 0.25) is 0 Å². The Kier molecular flexibility index (Phi) is 10.4. The number of halogens is 1. The number of hydrogen-bond donors (Lipinski definition) is 2. The molecule has 0 aromatic rings. The number of aliphatic imine (C=N–C) groups is 1. The van der Waals surface area contributed by atoms with Gasteiger partial charge in [-0.1, -0.05) is 26.2 Å². The molecule has 0 bridgehead atoms. The largest absolute Gasteiger partial charge is 0.356 e. The summed E-state index contributed by atoms with van der Waals surface area (Å²) in [6.45, 7) is 4.22. The summed E-state index contributed by atoms with van der Waals surface area (Å²) in [5.41, 5.74) is 0. The van der Waals surface area contributed by atoms with E-state index < -0.39 is 0 Å². The van der Waals surface area contributed by atoms with E-state index in [9.17, 15) is 9.59 Å². The molecule has 2 rings (SSSR count). The fourth-order valence-corrected chi connectivity index (χ4v) is 3.77. The lowest BCUT2D eigenvalue weighted by atomic mass is 9.81. The Morgan fingerprint density at radius 2 is 1.80 bits per heavy atom. The second kappa shape index (κ2) is 11.7. The van der Waals surface area contributed by atoms with Gasteiger partial charge < -0.3 is 10.6 Å². The number of imide groups is 1. The molecule has 1 aliphatic heterocycles. The summed E-state index contributed by atoms with van der Waals surface area (Å²) in [6.07, 6.45) is 8.25. The summed E-state index contributed by atoms with van der Waals surface area (Å²) in [7, 11) is 1.75. The molecule has 0 spiro atoms. The number of guanidine groups is 1. The summed E-state index contributed by atoms with van der Waals surface area (Å²) in [6, 6.07) is 0. The molecular formula is C18H33IN4O2. The van der Waals surface area contributed by atoms with Crippen molar-refractivity contribution in [1.29, 1.82) is 0 Å². The quantitative estimate of drug-likeness (QED) is 0.274. The zero-order valence-electron chi connectivity index (χ0n) is 15.6. The van der Waals surface area contributed by atoms with E-state index in [0.29, 0.717) is 32.4 Å². The van der Waals surface area contributed by atoms with E-state index in [0.717, 1.165) is 24.3 Å². The summed E-state index contributed by atoms with van der Waals surface area (Å²) in [5.74, 6) is 2.32. The van der Waals surface area contributed by atoms with Crippen molar-refractivity contribution in [3.8, 4) is 0 Å². The van der Waals surface area contributed by atoms with Gasteiger partial charge in [-0.25, -0.2) is 0 Å². The van der Waals surface area contributed by atoms with Gasteiger partial charge in [0.2, 0.25) is 11.8 Å². The molecule has 2 amide bonds. The topological polar surface area (TPSA) is 73.8 Å². The van der Waals surface area contributed by atoms with Crippen LogP contribution in [0, 0.1) is 11.8 Å². The van der Waals surface area contributed by atoms with E-state index in [4.69, 9.17) is 0 Å². The number of amides is 2. The van der Waals surface area contributed by atoms with E-state index >= 15 is 0 Å². The molecule has 2 unspecified atom stereocenters. The molecule has 7 heteroatoms. The molecule has 2 fully saturated rings. The minimum Gasteiger partial charge on any atom is -0.356 e. The van der Waals surface area contributed by atoms with Gasteiger partial charge in [-0.3, -0.25) is 19.5 Å². The molecule has 6 nitrogen and oxygen atoms in total. The monoisotopic (exact) mass is 464 g/mol. The van der Waals surface area contributed by atoms with E-state index in [1.807, 2.05) is 0 Å². The molecule has 0 radical (unpaired) electrons. The Morgan fingerprint density at radius 3 is 2.44 bits per heavy atom. The third kappa shape index (κ3) is 7.50. The second-order valence-electron chi connectivity index (χ2n) is 7.14. The molecule has 2 aliphatic rings. The molecule has 144 valence electrons. The van der Waals surface area contributed by atoms with E-state index in [2.05, 4.69) is 22.5 Å². The molecule has 25 heavy (non-hydrogen) atoms. The number of hydrogen-bond acceptors (Lipinski definition) is 3. The molecule has 2 N–H and O–H groups in total. The van der Waals surface area contributed by atoms with Gasteiger partial charge in [0, 0.05) is 39.5 Å². The van der Waals surface area contributed by atoms with Gasteiger partial charge in [-0.2, -0.15) is 0 Å². The Bertz CT molecular complexity index is 454. The van der Waals surface area contributed by atoms with Crippen LogP contribution in [0.3, 0.4) is 0 Å². The third-order valence-corrected chi connectivity index (χ3v) is 5.12. The van der Waals surface area contributed by atoms with Gasteiger partial charge in [0.15, 0.2) is 5.96 Å². The van der Waals surface area contributed by atoms with Gasteiger partial charge in [-0.05, 0) is 31.1 Å². The van der Waals surface area contributed by atoms with Crippen molar-refractivity contribution in [1.82, 2.24) is 15.5 Å². The van der Waals surface area contributed by atoms with Crippen LogP contribution in [0.4, 0.5) is 0 Å². The average molecular weight is 464 g/mol. The molecule has 1 aliphatic carbocycles. The van der Waals surface area contributed by atoms with Gasteiger partial charge in [0.05, 0.1) is 0 Å². The van der Waals surface area contributed by atoms with Crippen LogP contribution < -0.4 is 10.6 Å². The third-order valence-electron chi connectivity index (χ3n) is 5.12. The van der Waals surface area contributed by atoms with Crippen molar-refractivity contribution in [2.24, 2.45) is 16.8 Å². The highest BCUT2D eigenvalue weighted by atomic mass is 127. The number of carbonyl (C=O) groups is 2. The SMILES string of the molecule is CN=C(NCCC1CCCC(C)C1)NCCN1C(=O)CCCC1=O.I. The zero-order chi connectivity index (χ0) is 17.4. The van der Waals surface area contributed by atoms with E-state index in [1.54, 1.807) is 7.05 Å². The maximum absolute atomic E-state index is 11.8. The lowest BCUT2D eigenvalue weighted by Gasteiger charge is -2.27. The Labute approximate surface area is 168 Å². The van der Waals surface area contributed by atoms with Gasteiger partial charge in [0.25, 0.3) is 0 Å². The van der Waals surface area contributed by atoms with Crippen molar-refractivity contribution >= 4 is 41.8 Å². The first-order chi connectivity index (χ1) is 11.6. The van der Waals surface area contributed by atoms with Crippen molar-refractivity contribution in [3.05, 3.63) is 0 Å². The predicted molar refractivity (Wildman–Crippen MR) is 111 cm³/mol. The second-order valence-corrected chi connectivity index (χ2v) is 7.14. The summed E-state index contributed by atoms with van der Waals surface area (Å²) >= 11 is 0. The molecular weight excluding hydrogens is 431 g/mol. The molecule has 1 saturated carbocycles. The van der Waals surface area contributed by atoms with Crippen LogP contribution in [-0.2, 0) is 9.59 Å². The lowest BCUT2D eigenvalue weighted by Crippen LogP contribution is -2.46. The normalized spacial score (nSPS) is 24.7. The Balaban J connectivity index is 0.00000312. The van der Waals surface area contributed by atoms with Crippen molar-refractivity contribution in [2.45, 2.75) is 58.3 Å². The Hall–Kier alpha value is -0.860. The van der Waals surface area contributed by atoms with E-state index in [1.165, 1.54) is 37.0 Å². The van der Waals surface area contributed by atoms with Crippen LogP contribution in [-0.4, -0.2) is 49.4 Å². The summed E-state index contributed by atoms with van der Waals surface area (Å²) in [5, 5.41) is 6.54. The smallest absolute Gasteiger partial charge is 0.229 e. The van der Waals surface area contributed by atoms with Crippen LogP contribution in [0.15, 0.2) is 4.99 Å². The standard InChI is InChI=1S/C18H32N4O2.HI/c1-14-5-3-6-15(13-14)9-10-20-18(19-2)21-11-12-22-16(23)7-4-8-17(22)24;/h14-15H,3-13H2,1-2H3,(H2,19,20,21);1H. The van der Waals surface area contributed by atoms with Crippen molar-refractivity contribution in [2.75, 3.05) is 26.7 Å². The van der Waals surface area contributed by atoms with E-state index in [-0.39, 0.29) is 35.8 Å². The predicted octanol–water partition coefficient (Wildman–Crippen LogP) is 2.52. The number of carbonyl (C=O) groups excluding carboxylic acids is 2. The first kappa shape index (κ1) is 22.2. The average Bonchev–Trinajstić information content (AvgIpc) is 2.56. The van der Waals surface area contributed by atoms with Gasteiger partial charge in [-0.15, -0.1) is 24.0 Å². The molecule has 0 aromatic heterocycles. The Morgan fingerprint density at radius 1 is 1.12 bits per heavy atom. The van der Waals surface area contributed by atoms with Crippen LogP contribution >= 0.6 is 24.0 Å². The molecule has 2 atom stereocenters. The maximum Gasteiger partial charge on any atom is 0.229 e. The minimum atomic E-state index is -0.0533. The first-order valence-corrected chi connectivity index (χ1v) is 9.38. The van der Waals surface area contributed by atoms with Crippen LogP contribution in [0.5, 0.6) is 0 Å². The van der Waals surface area contributed by atoms with Crippen LogP contribution in [0.25, 0.3) is 0 Å². The number of rotatable bonds is 6. The molecule has 1 heterocycles. The number of nitrogens with one attached hydrogen (secondary N) is 2. The highest BCUT2D eigenvalue weighted by Crippen LogP contribution is 2.30. The molecule has 0 aromatic carbocycles. The number of likely N-dealkylation sites (tertiary alicyclic amines) is 1. The van der Waals surface area contributed by atoms with Crippen molar-refractivity contribution in [3.63, 3.8) is 0 Å². The van der Waals surface area contributed by atoms with Gasteiger partial charge in [0.1, 0.15) is 0 Å². The lowest BCUT2D eigenvalue weighted by molar-refractivity contribution is -0.147. The van der Waals surface area contributed by atoms with Crippen molar-refractivity contribution < 1.29 is 9.59 Å². The minimum absolute atomic E-state index is 0. The molecule has 1 saturated heterocycles. The fourth-order valence-electron chi connectivity index (χ4n) is 3.77.